The number of fused-ring (bicyclic) bond motifs is 1. The molecule has 2 heterocycles. The summed E-state index contributed by atoms with van der Waals surface area (Å²) in [5.74, 6) is -1.77. The maximum Gasteiger partial charge on any atom is 0.333 e. The number of hydrazine groups is 1. The fourth-order valence-electron chi connectivity index (χ4n) is 4.84. The molecule has 216 valence electrons. The van der Waals surface area contributed by atoms with Gasteiger partial charge in [-0.2, -0.15) is 0 Å². The highest BCUT2D eigenvalue weighted by Gasteiger charge is 2.43. The Morgan fingerprint density at radius 1 is 1.05 bits per heavy atom. The van der Waals surface area contributed by atoms with E-state index < -0.39 is 47.7 Å². The van der Waals surface area contributed by atoms with Gasteiger partial charge in [-0.3, -0.25) is 24.7 Å². The molecule has 2 aliphatic rings. The first-order chi connectivity index (χ1) is 18.5. The lowest BCUT2D eigenvalue weighted by Crippen LogP contribution is -2.62. The monoisotopic (exact) mass is 545 g/mol. The van der Waals surface area contributed by atoms with E-state index in [2.05, 4.69) is 5.32 Å². The van der Waals surface area contributed by atoms with E-state index in [1.54, 1.807) is 27.7 Å². The van der Waals surface area contributed by atoms with E-state index in [1.807, 2.05) is 35.3 Å². The first-order valence-corrected chi connectivity index (χ1v) is 14.0. The zero-order valence-corrected chi connectivity index (χ0v) is 23.8. The van der Waals surface area contributed by atoms with Crippen molar-refractivity contribution in [3.8, 4) is 0 Å². The molecule has 0 spiro atoms. The Kier molecular flexibility index (Phi) is 10.9. The summed E-state index contributed by atoms with van der Waals surface area (Å²) in [5.41, 5.74) is 0.352. The molecule has 2 saturated heterocycles. The Balaban J connectivity index is 1.72. The Bertz CT molecular complexity index is 994. The van der Waals surface area contributed by atoms with Gasteiger partial charge in [-0.1, -0.05) is 30.3 Å². The lowest BCUT2D eigenvalue weighted by atomic mass is 9.97. The van der Waals surface area contributed by atoms with Gasteiger partial charge >= 0.3 is 17.9 Å². The third kappa shape index (κ3) is 8.50. The molecule has 0 aliphatic carbocycles. The van der Waals surface area contributed by atoms with Crippen LogP contribution in [0.5, 0.6) is 0 Å². The highest BCUT2D eigenvalue weighted by molar-refractivity contribution is 5.88. The predicted octanol–water partition coefficient (Wildman–Crippen LogP) is 2.99. The lowest BCUT2D eigenvalue weighted by Gasteiger charge is -2.43. The van der Waals surface area contributed by atoms with Crippen molar-refractivity contribution in [1.29, 1.82) is 0 Å². The summed E-state index contributed by atoms with van der Waals surface area (Å²) >= 11 is 0. The molecule has 1 N–H and O–H groups in total. The average molecular weight is 546 g/mol. The Hall–Kier alpha value is -2.98. The van der Waals surface area contributed by atoms with E-state index in [4.69, 9.17) is 14.2 Å². The predicted molar refractivity (Wildman–Crippen MR) is 144 cm³/mol. The Labute approximate surface area is 231 Å². The van der Waals surface area contributed by atoms with Crippen LogP contribution in [0.1, 0.15) is 72.3 Å². The number of nitrogens with zero attached hydrogens (tertiary/aromatic N) is 2. The number of amides is 1. The van der Waals surface area contributed by atoms with E-state index in [0.29, 0.717) is 38.8 Å². The number of hydrogen-bond donors (Lipinski definition) is 1. The van der Waals surface area contributed by atoms with E-state index >= 15 is 0 Å². The third-order valence-electron chi connectivity index (χ3n) is 6.90. The fourth-order valence-corrected chi connectivity index (χ4v) is 4.84. The molecule has 1 aromatic carbocycles. The summed E-state index contributed by atoms with van der Waals surface area (Å²) in [6.07, 6.45) is 2.43. The van der Waals surface area contributed by atoms with Crippen molar-refractivity contribution >= 4 is 23.8 Å². The molecule has 1 amide bonds. The number of benzene rings is 1. The summed E-state index contributed by atoms with van der Waals surface area (Å²) in [6.45, 7) is 9.90. The smallest absolute Gasteiger partial charge is 0.333 e. The van der Waals surface area contributed by atoms with Gasteiger partial charge in [0, 0.05) is 20.0 Å². The number of esters is 3. The quantitative estimate of drug-likeness (QED) is 0.350. The van der Waals surface area contributed by atoms with E-state index in [9.17, 15) is 19.2 Å². The van der Waals surface area contributed by atoms with Gasteiger partial charge in [-0.25, -0.2) is 9.80 Å². The second kappa shape index (κ2) is 13.9. The maximum absolute atomic E-state index is 13.9. The van der Waals surface area contributed by atoms with Crippen LogP contribution in [-0.2, 0) is 39.8 Å². The number of hydrogen-bond acceptors (Lipinski definition) is 9. The van der Waals surface area contributed by atoms with E-state index in [0.717, 1.165) is 18.4 Å². The van der Waals surface area contributed by atoms with Crippen LogP contribution in [0.3, 0.4) is 0 Å². The van der Waals surface area contributed by atoms with Gasteiger partial charge in [0.05, 0.1) is 18.1 Å². The van der Waals surface area contributed by atoms with E-state index in [1.165, 1.54) is 11.9 Å². The van der Waals surface area contributed by atoms with Crippen LogP contribution < -0.4 is 5.32 Å². The maximum atomic E-state index is 13.9. The molecular formula is C29H43N3O7. The van der Waals surface area contributed by atoms with Crippen molar-refractivity contribution in [3.63, 3.8) is 0 Å². The molecule has 0 saturated carbocycles. The summed E-state index contributed by atoms with van der Waals surface area (Å²) in [6, 6.07) is 7.67. The van der Waals surface area contributed by atoms with Gasteiger partial charge in [0.25, 0.3) is 5.91 Å². The molecule has 4 atom stereocenters. The van der Waals surface area contributed by atoms with Crippen LogP contribution in [0, 0.1) is 5.41 Å². The molecular weight excluding hydrogens is 502 g/mol. The topological polar surface area (TPSA) is 114 Å². The standard InChI is InChI=1S/C29H43N3O7/c1-6-37-26(34)23(17-16-21-12-8-7-9-13-21)30-22-14-10-18-31-19-11-15-24(32(31)25(22)33)27(35)38-20(2)39-28(36)29(3,4)5/h7-9,12-13,20,22-24,30H,6,10-11,14-19H2,1-5H3/t20?,22-,23-,24-/m0/s1. The van der Waals surface area contributed by atoms with Crippen LogP contribution in [0.15, 0.2) is 30.3 Å². The van der Waals surface area contributed by atoms with Crippen molar-refractivity contribution in [2.45, 2.75) is 97.6 Å². The first-order valence-electron chi connectivity index (χ1n) is 14.0. The average Bonchev–Trinajstić information content (AvgIpc) is 3.04. The number of carbonyl (C=O) groups is 4. The van der Waals surface area contributed by atoms with Crippen molar-refractivity contribution in [2.75, 3.05) is 19.7 Å². The summed E-state index contributed by atoms with van der Waals surface area (Å²) in [7, 11) is 0. The van der Waals surface area contributed by atoms with Gasteiger partial charge < -0.3 is 14.2 Å². The summed E-state index contributed by atoms with van der Waals surface area (Å²) < 4.78 is 16.1. The molecule has 0 aromatic heterocycles. The second-order valence-corrected chi connectivity index (χ2v) is 11.1. The van der Waals surface area contributed by atoms with Crippen LogP contribution in [-0.4, -0.2) is 77.9 Å². The molecule has 39 heavy (non-hydrogen) atoms. The van der Waals surface area contributed by atoms with Gasteiger partial charge in [0.1, 0.15) is 12.1 Å². The first kappa shape index (κ1) is 30.6. The molecule has 0 radical (unpaired) electrons. The van der Waals surface area contributed by atoms with Crippen molar-refractivity contribution in [3.05, 3.63) is 35.9 Å². The minimum atomic E-state index is -1.08. The van der Waals surface area contributed by atoms with Crippen molar-refractivity contribution in [2.24, 2.45) is 5.41 Å². The normalized spacial score (nSPS) is 21.8. The highest BCUT2D eigenvalue weighted by Crippen LogP contribution is 2.26. The van der Waals surface area contributed by atoms with Gasteiger partial charge in [-0.05, 0) is 71.8 Å². The molecule has 1 aromatic rings. The molecule has 0 bridgehead atoms. The second-order valence-electron chi connectivity index (χ2n) is 11.1. The van der Waals surface area contributed by atoms with Crippen LogP contribution in [0.4, 0.5) is 0 Å². The van der Waals surface area contributed by atoms with Crippen molar-refractivity contribution in [1.82, 2.24) is 15.3 Å². The third-order valence-corrected chi connectivity index (χ3v) is 6.90. The number of ether oxygens (including phenoxy) is 3. The highest BCUT2D eigenvalue weighted by atomic mass is 16.7. The van der Waals surface area contributed by atoms with Crippen LogP contribution >= 0.6 is 0 Å². The number of carbonyl (C=O) groups excluding carboxylic acids is 4. The fraction of sp³-hybridized carbons (Fsp3) is 0.655. The molecule has 10 nitrogen and oxygen atoms in total. The Morgan fingerprint density at radius 3 is 2.36 bits per heavy atom. The zero-order chi connectivity index (χ0) is 28.6. The minimum absolute atomic E-state index is 0.243. The molecule has 3 rings (SSSR count). The number of nitrogens with one attached hydrogen (secondary N) is 1. The molecule has 2 aliphatic heterocycles. The molecule has 1 unspecified atom stereocenters. The van der Waals surface area contributed by atoms with Crippen LogP contribution in [0.2, 0.25) is 0 Å². The van der Waals surface area contributed by atoms with Crippen molar-refractivity contribution < 1.29 is 33.4 Å². The summed E-state index contributed by atoms with van der Waals surface area (Å²) in [5, 5.41) is 6.65. The minimum Gasteiger partial charge on any atom is -0.465 e. The van der Waals surface area contributed by atoms with E-state index in [-0.39, 0.29) is 12.5 Å². The number of rotatable bonds is 10. The Morgan fingerprint density at radius 2 is 1.72 bits per heavy atom. The largest absolute Gasteiger partial charge is 0.465 e. The van der Waals surface area contributed by atoms with Gasteiger partial charge in [-0.15, -0.1) is 0 Å². The molecule has 2 fully saturated rings. The number of aryl methyl sites for hydroxylation is 1. The van der Waals surface area contributed by atoms with Gasteiger partial charge in [0.2, 0.25) is 6.29 Å². The van der Waals surface area contributed by atoms with Gasteiger partial charge in [0.15, 0.2) is 0 Å². The zero-order valence-electron chi connectivity index (χ0n) is 23.8. The lowest BCUT2D eigenvalue weighted by molar-refractivity contribution is -0.202. The van der Waals surface area contributed by atoms with Crippen LogP contribution in [0.25, 0.3) is 0 Å². The SMILES string of the molecule is CCOC(=O)[C@H](CCc1ccccc1)N[C@H]1CCCN2CCC[C@@H](C(=O)OC(C)OC(=O)C(C)(C)C)N2C1=O. The summed E-state index contributed by atoms with van der Waals surface area (Å²) in [4.78, 5) is 52.1. The molecule has 10 heteroatoms.